The second-order valence-corrected chi connectivity index (χ2v) is 7.45. The average molecular weight is 428 g/mol. The molecule has 0 aliphatic carbocycles. The van der Waals surface area contributed by atoms with Crippen LogP contribution in [0.25, 0.3) is 5.69 Å². The number of aryl methyl sites for hydroxylation is 1. The standard InChI is InChI=1S/C25H21FN4O2/c1-17-11-18(9-10-27-17)12-24(31)20-5-4-6-21(14-20)30-16-19(15-28-30)13-25(32)29-23-8-3-2-7-22(23)26/h2-11,14-16H,12-13H2,1H3,(H,29,32). The van der Waals surface area contributed by atoms with Gasteiger partial charge in [0.1, 0.15) is 5.82 Å². The summed E-state index contributed by atoms with van der Waals surface area (Å²) in [6.07, 6.45) is 5.33. The van der Waals surface area contributed by atoms with Crippen LogP contribution in [0.15, 0.2) is 79.3 Å². The van der Waals surface area contributed by atoms with Gasteiger partial charge in [0.25, 0.3) is 0 Å². The van der Waals surface area contributed by atoms with Gasteiger partial charge >= 0.3 is 0 Å². The normalized spacial score (nSPS) is 10.7. The Bertz CT molecular complexity index is 1280. The summed E-state index contributed by atoms with van der Waals surface area (Å²) in [7, 11) is 0. The van der Waals surface area contributed by atoms with Crippen LogP contribution in [-0.2, 0) is 17.6 Å². The number of halogens is 1. The first-order valence-corrected chi connectivity index (χ1v) is 10.1. The van der Waals surface area contributed by atoms with Crippen molar-refractivity contribution in [3.05, 3.63) is 107 Å². The molecule has 4 rings (SSSR count). The van der Waals surface area contributed by atoms with E-state index in [1.807, 2.05) is 25.1 Å². The maximum absolute atomic E-state index is 13.7. The molecule has 32 heavy (non-hydrogen) atoms. The van der Waals surface area contributed by atoms with Gasteiger partial charge < -0.3 is 5.32 Å². The number of hydrogen-bond donors (Lipinski definition) is 1. The van der Waals surface area contributed by atoms with Gasteiger partial charge in [-0.2, -0.15) is 5.10 Å². The van der Waals surface area contributed by atoms with Gasteiger partial charge in [-0.1, -0.05) is 24.3 Å². The lowest BCUT2D eigenvalue weighted by atomic mass is 10.0. The van der Waals surface area contributed by atoms with Crippen LogP contribution in [0, 0.1) is 12.7 Å². The zero-order valence-corrected chi connectivity index (χ0v) is 17.5. The molecular weight excluding hydrogens is 407 g/mol. The molecule has 2 aromatic heterocycles. The van der Waals surface area contributed by atoms with Crippen LogP contribution in [-0.4, -0.2) is 26.5 Å². The van der Waals surface area contributed by atoms with Crippen LogP contribution < -0.4 is 5.32 Å². The fraction of sp³-hybridized carbons (Fsp3) is 0.120. The Labute approximate surface area is 184 Å². The van der Waals surface area contributed by atoms with E-state index in [-0.39, 0.29) is 30.2 Å². The number of nitrogens with one attached hydrogen (secondary N) is 1. The summed E-state index contributed by atoms with van der Waals surface area (Å²) in [4.78, 5) is 29.1. The number of ketones is 1. The predicted octanol–water partition coefficient (Wildman–Crippen LogP) is 4.32. The highest BCUT2D eigenvalue weighted by molar-refractivity contribution is 5.98. The molecule has 0 spiro atoms. The lowest BCUT2D eigenvalue weighted by Gasteiger charge is -2.06. The van der Waals surface area contributed by atoms with Gasteiger partial charge in [0.2, 0.25) is 5.91 Å². The summed E-state index contributed by atoms with van der Waals surface area (Å²) in [5, 5.41) is 6.86. The minimum Gasteiger partial charge on any atom is -0.323 e. The minimum absolute atomic E-state index is 0.00547. The highest BCUT2D eigenvalue weighted by atomic mass is 19.1. The molecular formula is C25H21FN4O2. The molecule has 1 amide bonds. The van der Waals surface area contributed by atoms with E-state index in [1.165, 1.54) is 12.1 Å². The fourth-order valence-electron chi connectivity index (χ4n) is 3.36. The van der Waals surface area contributed by atoms with Gasteiger partial charge in [-0.3, -0.25) is 14.6 Å². The van der Waals surface area contributed by atoms with E-state index in [0.717, 1.165) is 11.3 Å². The van der Waals surface area contributed by atoms with E-state index in [2.05, 4.69) is 15.4 Å². The average Bonchev–Trinajstić information content (AvgIpc) is 3.24. The smallest absolute Gasteiger partial charge is 0.228 e. The van der Waals surface area contributed by atoms with Gasteiger partial charge in [0, 0.05) is 30.1 Å². The first-order chi connectivity index (χ1) is 15.5. The fourth-order valence-corrected chi connectivity index (χ4v) is 3.36. The monoisotopic (exact) mass is 428 g/mol. The van der Waals surface area contributed by atoms with Crippen LogP contribution >= 0.6 is 0 Å². The van der Waals surface area contributed by atoms with Gasteiger partial charge in [-0.25, -0.2) is 9.07 Å². The number of pyridine rings is 1. The highest BCUT2D eigenvalue weighted by Crippen LogP contribution is 2.16. The summed E-state index contributed by atoms with van der Waals surface area (Å²) in [6, 6.07) is 16.9. The number of Topliss-reactive ketones (excluding diaryl/α,β-unsaturated/α-hetero) is 1. The number of aromatic nitrogens is 3. The largest absolute Gasteiger partial charge is 0.323 e. The van der Waals surface area contributed by atoms with Crippen molar-refractivity contribution >= 4 is 17.4 Å². The number of hydrogen-bond acceptors (Lipinski definition) is 4. The third-order valence-electron chi connectivity index (χ3n) is 4.91. The van der Waals surface area contributed by atoms with Crippen molar-refractivity contribution in [1.82, 2.24) is 14.8 Å². The molecule has 0 aliphatic rings. The summed E-state index contributed by atoms with van der Waals surface area (Å²) in [5.41, 5.74) is 3.87. The Morgan fingerprint density at radius 2 is 1.84 bits per heavy atom. The van der Waals surface area contributed by atoms with Gasteiger partial charge in [-0.05, 0) is 54.4 Å². The number of carbonyl (C=O) groups excluding carboxylic acids is 2. The van der Waals surface area contributed by atoms with Crippen molar-refractivity contribution in [1.29, 1.82) is 0 Å². The number of rotatable bonds is 7. The van der Waals surface area contributed by atoms with Gasteiger partial charge in [0.15, 0.2) is 5.78 Å². The number of benzene rings is 2. The SMILES string of the molecule is Cc1cc(CC(=O)c2cccc(-n3cc(CC(=O)Nc4ccccc4F)cn3)c2)ccn1. The summed E-state index contributed by atoms with van der Waals surface area (Å²) in [5.74, 6) is -0.833. The van der Waals surface area contributed by atoms with E-state index in [0.29, 0.717) is 16.8 Å². The Balaban J connectivity index is 1.44. The number of anilines is 1. The predicted molar refractivity (Wildman–Crippen MR) is 119 cm³/mol. The van der Waals surface area contributed by atoms with Crippen LogP contribution in [0.3, 0.4) is 0 Å². The van der Waals surface area contributed by atoms with E-state index in [1.54, 1.807) is 53.6 Å². The van der Waals surface area contributed by atoms with E-state index in [9.17, 15) is 14.0 Å². The molecule has 0 unspecified atom stereocenters. The number of carbonyl (C=O) groups is 2. The van der Waals surface area contributed by atoms with E-state index >= 15 is 0 Å². The molecule has 2 heterocycles. The lowest BCUT2D eigenvalue weighted by Crippen LogP contribution is -2.15. The summed E-state index contributed by atoms with van der Waals surface area (Å²) < 4.78 is 15.3. The van der Waals surface area contributed by atoms with Crippen molar-refractivity contribution in [2.45, 2.75) is 19.8 Å². The summed E-state index contributed by atoms with van der Waals surface area (Å²) in [6.45, 7) is 1.89. The third kappa shape index (κ3) is 5.13. The molecule has 6 nitrogen and oxygen atoms in total. The van der Waals surface area contributed by atoms with Crippen LogP contribution in [0.5, 0.6) is 0 Å². The molecule has 0 radical (unpaired) electrons. The molecule has 0 bridgehead atoms. The number of para-hydroxylation sites is 1. The quantitative estimate of drug-likeness (QED) is 0.445. The zero-order valence-electron chi connectivity index (χ0n) is 17.5. The number of amides is 1. The van der Waals surface area contributed by atoms with Crippen LogP contribution in [0.2, 0.25) is 0 Å². The zero-order chi connectivity index (χ0) is 22.5. The molecule has 0 saturated heterocycles. The van der Waals surface area contributed by atoms with E-state index in [4.69, 9.17) is 0 Å². The Hall–Kier alpha value is -4.13. The topological polar surface area (TPSA) is 76.9 Å². The second kappa shape index (κ2) is 9.34. The van der Waals surface area contributed by atoms with Crippen molar-refractivity contribution < 1.29 is 14.0 Å². The van der Waals surface area contributed by atoms with Gasteiger partial charge in [0.05, 0.1) is 24.0 Å². The second-order valence-electron chi connectivity index (χ2n) is 7.45. The molecule has 0 saturated carbocycles. The van der Waals surface area contributed by atoms with Crippen LogP contribution in [0.1, 0.15) is 27.2 Å². The molecule has 0 atom stereocenters. The maximum atomic E-state index is 13.7. The molecule has 0 fully saturated rings. The van der Waals surface area contributed by atoms with E-state index < -0.39 is 5.82 Å². The first-order valence-electron chi connectivity index (χ1n) is 10.1. The highest BCUT2D eigenvalue weighted by Gasteiger charge is 2.12. The first kappa shape index (κ1) is 21.1. The Kier molecular flexibility index (Phi) is 6.17. The summed E-state index contributed by atoms with van der Waals surface area (Å²) >= 11 is 0. The van der Waals surface area contributed by atoms with Crippen molar-refractivity contribution in [3.63, 3.8) is 0 Å². The molecule has 7 heteroatoms. The molecule has 1 N–H and O–H groups in total. The van der Waals surface area contributed by atoms with Crippen molar-refractivity contribution in [2.24, 2.45) is 0 Å². The molecule has 4 aromatic rings. The molecule has 2 aromatic carbocycles. The van der Waals surface area contributed by atoms with Crippen molar-refractivity contribution in [2.75, 3.05) is 5.32 Å². The lowest BCUT2D eigenvalue weighted by molar-refractivity contribution is -0.115. The molecule has 160 valence electrons. The minimum atomic E-state index is -0.486. The van der Waals surface area contributed by atoms with Crippen molar-refractivity contribution in [3.8, 4) is 5.69 Å². The third-order valence-corrected chi connectivity index (χ3v) is 4.91. The van der Waals surface area contributed by atoms with Crippen LogP contribution in [0.4, 0.5) is 10.1 Å². The Morgan fingerprint density at radius 1 is 1.00 bits per heavy atom. The Morgan fingerprint density at radius 3 is 2.66 bits per heavy atom. The maximum Gasteiger partial charge on any atom is 0.228 e. The van der Waals surface area contributed by atoms with Gasteiger partial charge in [-0.15, -0.1) is 0 Å². The number of nitrogens with zero attached hydrogens (tertiary/aromatic N) is 3. The molecule has 0 aliphatic heterocycles.